The molecule has 3 unspecified atom stereocenters. The average molecular weight is 477 g/mol. The molecular weight excluding hydrogens is 436 g/mol. The number of carbonyl (C=O) groups excluding carboxylic acids is 4. The quantitative estimate of drug-likeness (QED) is 0.128. The van der Waals surface area contributed by atoms with Crippen LogP contribution in [-0.4, -0.2) is 41.9 Å². The molecule has 9 heteroatoms. The van der Waals surface area contributed by atoms with Crippen LogP contribution in [0, 0.1) is 11.3 Å². The predicted molar refractivity (Wildman–Crippen MR) is 130 cm³/mol. The molecule has 6 N–H and O–H groups in total. The van der Waals surface area contributed by atoms with Crippen molar-refractivity contribution in [3.63, 3.8) is 0 Å². The number of nitrogens with two attached hydrogens (primary N) is 1. The van der Waals surface area contributed by atoms with Gasteiger partial charge in [-0.2, -0.15) is 0 Å². The van der Waals surface area contributed by atoms with Crippen molar-refractivity contribution in [2.45, 2.75) is 77.7 Å². The van der Waals surface area contributed by atoms with E-state index in [1.54, 1.807) is 44.5 Å². The van der Waals surface area contributed by atoms with Crippen molar-refractivity contribution in [3.8, 4) is 0 Å². The van der Waals surface area contributed by atoms with Crippen LogP contribution in [0.3, 0.4) is 0 Å². The summed E-state index contributed by atoms with van der Waals surface area (Å²) in [5.74, 6) is -4.47. The molecule has 34 heavy (non-hydrogen) atoms. The van der Waals surface area contributed by atoms with E-state index in [2.05, 4.69) is 17.6 Å². The van der Waals surface area contributed by atoms with E-state index in [9.17, 15) is 24.4 Å². The zero-order chi connectivity index (χ0) is 25.9. The van der Waals surface area contributed by atoms with Gasteiger partial charge in [-0.15, -0.1) is 0 Å². The van der Waals surface area contributed by atoms with Crippen LogP contribution in [0.5, 0.6) is 0 Å². The normalized spacial score (nSPS) is 14.9. The van der Waals surface area contributed by atoms with E-state index in [0.29, 0.717) is 6.42 Å². The van der Waals surface area contributed by atoms with Gasteiger partial charge in [0.05, 0.1) is 5.92 Å². The highest BCUT2D eigenvalue weighted by molar-refractivity contribution is 6.13. The third-order valence-corrected chi connectivity index (χ3v) is 6.17. The molecule has 0 fully saturated rings. The molecule has 0 aliphatic heterocycles. The first-order chi connectivity index (χ1) is 16.0. The SMILES string of the molecule is CCCCCCCC(C(=O)NC(C(=O)NC)C(C)(C)C)C(C(N)=O)(C(=O)NO)c1ccccc1. The lowest BCUT2D eigenvalue weighted by atomic mass is 9.66. The van der Waals surface area contributed by atoms with Crippen LogP contribution in [0.2, 0.25) is 0 Å². The Morgan fingerprint density at radius 2 is 1.56 bits per heavy atom. The number of hydrogen-bond donors (Lipinski definition) is 5. The summed E-state index contributed by atoms with van der Waals surface area (Å²) in [5, 5.41) is 14.9. The maximum atomic E-state index is 13.7. The van der Waals surface area contributed by atoms with Crippen molar-refractivity contribution in [3.05, 3.63) is 35.9 Å². The van der Waals surface area contributed by atoms with E-state index in [1.165, 1.54) is 19.2 Å². The summed E-state index contributed by atoms with van der Waals surface area (Å²) in [6, 6.07) is 7.07. The molecule has 9 nitrogen and oxygen atoms in total. The molecule has 0 heterocycles. The molecule has 0 aromatic heterocycles. The summed E-state index contributed by atoms with van der Waals surface area (Å²) in [4.78, 5) is 52.4. The van der Waals surface area contributed by atoms with Gasteiger partial charge in [-0.25, -0.2) is 5.48 Å². The number of likely N-dealkylation sites (N-methyl/N-ethyl adjacent to an activating group) is 1. The Kier molecular flexibility index (Phi) is 11.2. The molecule has 0 radical (unpaired) electrons. The Hall–Kier alpha value is -2.94. The molecular formula is C25H40N4O5. The maximum absolute atomic E-state index is 13.7. The fourth-order valence-corrected chi connectivity index (χ4v) is 4.26. The van der Waals surface area contributed by atoms with Crippen LogP contribution in [0.15, 0.2) is 30.3 Å². The Balaban J connectivity index is 3.59. The predicted octanol–water partition coefficient (Wildman–Crippen LogP) is 2.17. The minimum absolute atomic E-state index is 0.158. The van der Waals surface area contributed by atoms with Gasteiger partial charge in [-0.05, 0) is 17.4 Å². The second-order valence-electron chi connectivity index (χ2n) is 9.66. The highest BCUT2D eigenvalue weighted by Gasteiger charge is 2.55. The van der Waals surface area contributed by atoms with Crippen molar-refractivity contribution < 1.29 is 24.4 Å². The molecule has 1 aromatic carbocycles. The lowest BCUT2D eigenvalue weighted by Crippen LogP contribution is -2.63. The smallest absolute Gasteiger partial charge is 0.264 e. The Bertz CT molecular complexity index is 837. The van der Waals surface area contributed by atoms with Crippen LogP contribution in [0.25, 0.3) is 0 Å². The maximum Gasteiger partial charge on any atom is 0.264 e. The van der Waals surface area contributed by atoms with E-state index in [4.69, 9.17) is 5.73 Å². The first-order valence-electron chi connectivity index (χ1n) is 11.8. The number of carbonyl (C=O) groups is 4. The van der Waals surface area contributed by atoms with Crippen LogP contribution >= 0.6 is 0 Å². The lowest BCUT2D eigenvalue weighted by Gasteiger charge is -2.38. The molecule has 1 aromatic rings. The van der Waals surface area contributed by atoms with Gasteiger partial charge in [-0.1, -0.05) is 90.1 Å². The zero-order valence-corrected chi connectivity index (χ0v) is 20.9. The molecule has 190 valence electrons. The minimum Gasteiger partial charge on any atom is -0.368 e. The number of nitrogens with one attached hydrogen (secondary N) is 3. The second-order valence-corrected chi connectivity index (χ2v) is 9.66. The summed E-state index contributed by atoms with van der Waals surface area (Å²) in [7, 11) is 1.47. The fourth-order valence-electron chi connectivity index (χ4n) is 4.26. The highest BCUT2D eigenvalue weighted by Crippen LogP contribution is 2.37. The standard InChI is InChI=1S/C25H40N4O5/c1-6-7-8-9-13-16-18(20(30)28-19(21(31)27-5)24(2,3)4)25(22(26)32,23(33)29-34)17-14-11-10-12-15-17/h10-12,14-15,18-19,34H,6-9,13,16H2,1-5H3,(H2,26,32)(H,27,31)(H,28,30)(H,29,33). The first kappa shape index (κ1) is 29.1. The van der Waals surface area contributed by atoms with E-state index in [1.807, 2.05) is 0 Å². The molecule has 4 amide bonds. The number of amides is 4. The number of benzene rings is 1. The van der Waals surface area contributed by atoms with Gasteiger partial charge >= 0.3 is 0 Å². The van der Waals surface area contributed by atoms with E-state index >= 15 is 0 Å². The second kappa shape index (κ2) is 13.1. The molecule has 0 bridgehead atoms. The summed E-state index contributed by atoms with van der Waals surface area (Å²) >= 11 is 0. The number of unbranched alkanes of at least 4 members (excludes halogenated alkanes) is 4. The molecule has 0 saturated heterocycles. The Labute approximate surface area is 202 Å². The Morgan fingerprint density at radius 3 is 2.03 bits per heavy atom. The van der Waals surface area contributed by atoms with Crippen LogP contribution in [0.4, 0.5) is 0 Å². The molecule has 0 aliphatic rings. The number of rotatable bonds is 13. The molecule has 0 saturated carbocycles. The van der Waals surface area contributed by atoms with Crippen molar-refractivity contribution in [1.82, 2.24) is 16.1 Å². The van der Waals surface area contributed by atoms with E-state index in [-0.39, 0.29) is 12.0 Å². The van der Waals surface area contributed by atoms with Gasteiger partial charge in [0.25, 0.3) is 5.91 Å². The van der Waals surface area contributed by atoms with Crippen molar-refractivity contribution >= 4 is 23.6 Å². The summed E-state index contributed by atoms with van der Waals surface area (Å²) in [6.07, 6.45) is 4.50. The summed E-state index contributed by atoms with van der Waals surface area (Å²) in [5.41, 5.74) is 4.72. The molecule has 0 spiro atoms. The average Bonchev–Trinajstić information content (AvgIpc) is 2.80. The van der Waals surface area contributed by atoms with Gasteiger partial charge in [0.2, 0.25) is 17.7 Å². The van der Waals surface area contributed by atoms with Gasteiger partial charge in [0.1, 0.15) is 6.04 Å². The van der Waals surface area contributed by atoms with Gasteiger partial charge < -0.3 is 16.4 Å². The summed E-state index contributed by atoms with van der Waals surface area (Å²) < 4.78 is 0. The zero-order valence-electron chi connectivity index (χ0n) is 20.9. The van der Waals surface area contributed by atoms with Gasteiger partial charge in [0, 0.05) is 7.05 Å². The molecule has 0 aliphatic carbocycles. The fraction of sp³-hybridized carbons (Fsp3) is 0.600. The largest absolute Gasteiger partial charge is 0.368 e. The first-order valence-corrected chi connectivity index (χ1v) is 11.8. The van der Waals surface area contributed by atoms with Crippen LogP contribution in [-0.2, 0) is 24.6 Å². The highest BCUT2D eigenvalue weighted by atomic mass is 16.5. The lowest BCUT2D eigenvalue weighted by molar-refractivity contribution is -0.150. The molecule has 3 atom stereocenters. The van der Waals surface area contributed by atoms with E-state index in [0.717, 1.165) is 25.7 Å². The third-order valence-electron chi connectivity index (χ3n) is 6.17. The van der Waals surface area contributed by atoms with E-state index < -0.39 is 46.4 Å². The minimum atomic E-state index is -2.17. The number of primary amides is 1. The van der Waals surface area contributed by atoms with Gasteiger partial charge in [-0.3, -0.25) is 24.4 Å². The third kappa shape index (κ3) is 6.79. The number of hydroxylamine groups is 1. The van der Waals surface area contributed by atoms with Gasteiger partial charge in [0.15, 0.2) is 5.41 Å². The monoisotopic (exact) mass is 476 g/mol. The van der Waals surface area contributed by atoms with Crippen molar-refractivity contribution in [2.24, 2.45) is 17.1 Å². The number of hydrogen-bond acceptors (Lipinski definition) is 5. The Morgan fingerprint density at radius 1 is 0.971 bits per heavy atom. The van der Waals surface area contributed by atoms with Crippen molar-refractivity contribution in [1.29, 1.82) is 0 Å². The van der Waals surface area contributed by atoms with Crippen LogP contribution in [0.1, 0.15) is 71.8 Å². The topological polar surface area (TPSA) is 151 Å². The van der Waals surface area contributed by atoms with Crippen LogP contribution < -0.4 is 21.8 Å². The summed E-state index contributed by atoms with van der Waals surface area (Å²) in [6.45, 7) is 7.48. The molecule has 1 rings (SSSR count). The van der Waals surface area contributed by atoms with Crippen molar-refractivity contribution in [2.75, 3.05) is 7.05 Å².